The van der Waals surface area contributed by atoms with Gasteiger partial charge in [-0.3, -0.25) is 23.8 Å². The topological polar surface area (TPSA) is 24.1 Å². The molecule has 10 heavy (non-hydrogen) atoms. The van der Waals surface area contributed by atoms with Crippen LogP contribution in [-0.4, -0.2) is 20.6 Å². The molecule has 0 saturated heterocycles. The van der Waals surface area contributed by atoms with Crippen LogP contribution in [0.5, 0.6) is 0 Å². The van der Waals surface area contributed by atoms with Crippen molar-refractivity contribution in [1.82, 2.24) is 10.9 Å². The highest BCUT2D eigenvalue weighted by atomic mass is 19.4. The van der Waals surface area contributed by atoms with Gasteiger partial charge >= 0.3 is 7.54 Å². The predicted octanol–water partition coefficient (Wildman–Crippen LogP) is 1.00. The van der Waals surface area contributed by atoms with Gasteiger partial charge in [0.2, 0.25) is 0 Å². The second-order valence-electron chi connectivity index (χ2n) is 1.31. The third-order valence-corrected chi connectivity index (χ3v) is 0.479. The summed E-state index contributed by atoms with van der Waals surface area (Å²) < 4.78 is 29.0. The molecule has 0 fully saturated rings. The third kappa shape index (κ3) is 46.3. The van der Waals surface area contributed by atoms with Crippen molar-refractivity contribution in [2.75, 3.05) is 13.1 Å². The first-order chi connectivity index (χ1) is 4.65. The monoisotopic (exact) mass is 156 g/mol. The molecule has 0 aliphatic carbocycles. The van der Waals surface area contributed by atoms with Gasteiger partial charge in [0.1, 0.15) is 0 Å². The normalized spacial score (nSPS) is 8.10. The molecule has 0 aromatic rings. The molecule has 0 atom stereocenters. The summed E-state index contributed by atoms with van der Waals surface area (Å²) in [6, 6.07) is 0. The summed E-state index contributed by atoms with van der Waals surface area (Å²) in [5, 5.41) is 0. The van der Waals surface area contributed by atoms with Crippen LogP contribution in [0.15, 0.2) is 0 Å². The van der Waals surface area contributed by atoms with Crippen LogP contribution in [0.4, 0.5) is 12.9 Å². The summed E-state index contributed by atoms with van der Waals surface area (Å²) >= 11 is 0. The molecule has 0 unspecified atom stereocenters. The third-order valence-electron chi connectivity index (χ3n) is 0.479. The number of hydrazine groups is 1. The number of rotatable bonds is 3. The molecular weight excluding hydrogens is 144 g/mol. The SMILES string of the molecule is CCNNCC.FB(F)F. The van der Waals surface area contributed by atoms with E-state index >= 15 is 0 Å². The lowest BCUT2D eigenvalue weighted by Gasteiger charge is -1.95. The first-order valence-corrected chi connectivity index (χ1v) is 3.03. The number of nitrogens with one attached hydrogen (secondary N) is 2. The average molecular weight is 156 g/mol. The van der Waals surface area contributed by atoms with Gasteiger partial charge in [0.15, 0.2) is 0 Å². The number of halogens is 3. The van der Waals surface area contributed by atoms with Crippen molar-refractivity contribution in [3.8, 4) is 0 Å². The molecule has 0 spiro atoms. The van der Waals surface area contributed by atoms with E-state index in [1.54, 1.807) is 0 Å². The van der Waals surface area contributed by atoms with Crippen molar-refractivity contribution in [2.45, 2.75) is 13.8 Å². The number of hydrogen-bond donors (Lipinski definition) is 2. The van der Waals surface area contributed by atoms with Gasteiger partial charge in [-0.05, 0) is 0 Å². The van der Waals surface area contributed by atoms with E-state index < -0.39 is 7.54 Å². The van der Waals surface area contributed by atoms with Crippen molar-refractivity contribution < 1.29 is 12.9 Å². The van der Waals surface area contributed by atoms with Gasteiger partial charge < -0.3 is 0 Å². The fourth-order valence-corrected chi connectivity index (χ4v) is 0.250. The van der Waals surface area contributed by atoms with E-state index in [9.17, 15) is 12.9 Å². The number of hydrogen-bond acceptors (Lipinski definition) is 2. The lowest BCUT2D eigenvalue weighted by atomic mass is 10.5. The minimum Gasteiger partial charge on any atom is -0.258 e. The highest BCUT2D eigenvalue weighted by molar-refractivity contribution is 6.33. The van der Waals surface area contributed by atoms with Gasteiger partial charge in [0.05, 0.1) is 0 Å². The smallest absolute Gasteiger partial charge is 0.258 e. The maximum absolute atomic E-state index is 9.67. The van der Waals surface area contributed by atoms with Gasteiger partial charge in [-0.15, -0.1) is 0 Å². The first-order valence-electron chi connectivity index (χ1n) is 3.03. The molecule has 0 aliphatic heterocycles. The molecule has 0 aromatic heterocycles. The summed E-state index contributed by atoms with van der Waals surface area (Å²) in [6.45, 7) is 6.10. The second-order valence-corrected chi connectivity index (χ2v) is 1.31. The highest BCUT2D eigenvalue weighted by Crippen LogP contribution is 1.80. The second kappa shape index (κ2) is 11.6. The Labute approximate surface area is 59.4 Å². The Morgan fingerprint density at radius 2 is 1.20 bits per heavy atom. The summed E-state index contributed by atoms with van der Waals surface area (Å²) in [6.07, 6.45) is 0. The molecule has 0 radical (unpaired) electrons. The van der Waals surface area contributed by atoms with Crippen LogP contribution in [-0.2, 0) is 0 Å². The molecule has 0 rings (SSSR count). The van der Waals surface area contributed by atoms with E-state index in [1.165, 1.54) is 0 Å². The van der Waals surface area contributed by atoms with E-state index in [1.807, 2.05) is 0 Å². The van der Waals surface area contributed by atoms with Crippen LogP contribution in [0.3, 0.4) is 0 Å². The van der Waals surface area contributed by atoms with Gasteiger partial charge in [-0.1, -0.05) is 13.8 Å². The van der Waals surface area contributed by atoms with Crippen LogP contribution in [0.2, 0.25) is 0 Å². The lowest BCUT2D eigenvalue weighted by Crippen LogP contribution is -2.30. The maximum Gasteiger partial charge on any atom is 0.762 e. The molecule has 2 N–H and O–H groups in total. The largest absolute Gasteiger partial charge is 0.762 e. The van der Waals surface area contributed by atoms with E-state index in [0.29, 0.717) is 0 Å². The first kappa shape index (κ1) is 12.5. The Kier molecular flexibility index (Phi) is 14.4. The van der Waals surface area contributed by atoms with Crippen molar-refractivity contribution in [3.05, 3.63) is 0 Å². The lowest BCUT2D eigenvalue weighted by molar-refractivity contribution is 0.535. The van der Waals surface area contributed by atoms with Crippen LogP contribution in [0.1, 0.15) is 13.8 Å². The average Bonchev–Trinajstić information content (AvgIpc) is 1.82. The van der Waals surface area contributed by atoms with Gasteiger partial charge in [0.25, 0.3) is 0 Å². The summed E-state index contributed by atoms with van der Waals surface area (Å²) in [5.74, 6) is 0. The van der Waals surface area contributed by atoms with E-state index in [-0.39, 0.29) is 0 Å². The highest BCUT2D eigenvalue weighted by Gasteiger charge is 2.06. The van der Waals surface area contributed by atoms with E-state index in [0.717, 1.165) is 13.1 Å². The molecule has 6 heteroatoms. The Morgan fingerprint density at radius 3 is 1.30 bits per heavy atom. The molecule has 0 bridgehead atoms. The quantitative estimate of drug-likeness (QED) is 0.361. The molecule has 0 saturated carbocycles. The summed E-state index contributed by atoms with van der Waals surface area (Å²) in [4.78, 5) is 0. The standard InChI is InChI=1S/C4H12N2.BF3/c1-3-5-6-4-2;2-1(3)4/h5-6H,3-4H2,1-2H3;. The van der Waals surface area contributed by atoms with Crippen LogP contribution in [0.25, 0.3) is 0 Å². The van der Waals surface area contributed by atoms with Gasteiger partial charge in [-0.25, -0.2) is 0 Å². The molecule has 0 amide bonds. The van der Waals surface area contributed by atoms with E-state index in [4.69, 9.17) is 0 Å². The zero-order chi connectivity index (χ0) is 8.41. The van der Waals surface area contributed by atoms with Crippen molar-refractivity contribution in [2.24, 2.45) is 0 Å². The summed E-state index contributed by atoms with van der Waals surface area (Å²) in [7, 11) is -3.67. The Hall–Kier alpha value is -0.225. The predicted molar refractivity (Wildman–Crippen MR) is 36.4 cm³/mol. The van der Waals surface area contributed by atoms with Crippen LogP contribution < -0.4 is 10.9 Å². The molecule has 0 aromatic carbocycles. The van der Waals surface area contributed by atoms with Crippen molar-refractivity contribution >= 4 is 7.54 Å². The van der Waals surface area contributed by atoms with Crippen molar-refractivity contribution in [1.29, 1.82) is 0 Å². The zero-order valence-electron chi connectivity index (χ0n) is 6.13. The maximum atomic E-state index is 9.67. The molecule has 0 aliphatic rings. The van der Waals surface area contributed by atoms with Gasteiger partial charge in [-0.2, -0.15) is 0 Å². The fourth-order valence-electron chi connectivity index (χ4n) is 0.250. The van der Waals surface area contributed by atoms with Crippen LogP contribution in [0, 0.1) is 0 Å². The Morgan fingerprint density at radius 1 is 1.00 bits per heavy atom. The van der Waals surface area contributed by atoms with Gasteiger partial charge in [0, 0.05) is 13.1 Å². The minimum absolute atomic E-state index is 0.994. The summed E-state index contributed by atoms with van der Waals surface area (Å²) in [5.41, 5.74) is 5.90. The van der Waals surface area contributed by atoms with E-state index in [2.05, 4.69) is 24.7 Å². The molecular formula is C4H12BF3N2. The fraction of sp³-hybridized carbons (Fsp3) is 1.00. The zero-order valence-corrected chi connectivity index (χ0v) is 6.13. The van der Waals surface area contributed by atoms with Crippen LogP contribution >= 0.6 is 0 Å². The van der Waals surface area contributed by atoms with Crippen molar-refractivity contribution in [3.63, 3.8) is 0 Å². The Balaban J connectivity index is 0. The molecule has 2 nitrogen and oxygen atoms in total. The molecule has 62 valence electrons. The molecule has 0 heterocycles. The minimum atomic E-state index is -3.67. The Bertz CT molecular complexity index is 49.0.